The number of fused-ring (bicyclic) bond motifs is 2. The number of nitrogens with one attached hydrogen (secondary N) is 1. The fraction of sp³-hybridized carbons (Fsp3) is 0.733. The minimum absolute atomic E-state index is 0.632. The van der Waals surface area contributed by atoms with Crippen LogP contribution in [0.25, 0.3) is 0 Å². The maximum Gasteiger partial charge on any atom is 0.134 e. The summed E-state index contributed by atoms with van der Waals surface area (Å²) in [6, 6.07) is 2.10. The molecule has 2 saturated carbocycles. The van der Waals surface area contributed by atoms with Crippen LogP contribution in [0.1, 0.15) is 57.0 Å². The molecule has 3 atom stereocenters. The smallest absolute Gasteiger partial charge is 0.134 e. The van der Waals surface area contributed by atoms with Crippen LogP contribution in [0.4, 0.5) is 5.82 Å². The number of hydrogen-bond donors (Lipinski definition) is 1. The summed E-state index contributed by atoms with van der Waals surface area (Å²) in [7, 11) is 0. The molecule has 1 aromatic heterocycles. The van der Waals surface area contributed by atoms with E-state index in [1.54, 1.807) is 0 Å². The molecule has 0 spiro atoms. The summed E-state index contributed by atoms with van der Waals surface area (Å²) in [4.78, 5) is 9.53. The van der Waals surface area contributed by atoms with E-state index in [4.69, 9.17) is 9.97 Å². The monoisotopic (exact) mass is 245 g/mol. The van der Waals surface area contributed by atoms with Crippen LogP contribution in [0.5, 0.6) is 0 Å². The second-order valence-electron chi connectivity index (χ2n) is 5.77. The molecule has 0 amide bonds. The van der Waals surface area contributed by atoms with Crippen molar-refractivity contribution >= 4 is 5.82 Å². The third kappa shape index (κ3) is 2.11. The third-order valence-corrected chi connectivity index (χ3v) is 4.59. The topological polar surface area (TPSA) is 37.8 Å². The van der Waals surface area contributed by atoms with E-state index in [1.165, 1.54) is 31.4 Å². The van der Waals surface area contributed by atoms with Gasteiger partial charge in [0.15, 0.2) is 0 Å². The van der Waals surface area contributed by atoms with Crippen LogP contribution in [0.3, 0.4) is 0 Å². The molecular weight excluding hydrogens is 222 g/mol. The molecule has 0 saturated heterocycles. The molecule has 1 N–H and O–H groups in total. The summed E-state index contributed by atoms with van der Waals surface area (Å²) in [5, 5.41) is 3.34. The molecule has 2 bridgehead atoms. The van der Waals surface area contributed by atoms with E-state index >= 15 is 0 Å². The summed E-state index contributed by atoms with van der Waals surface area (Å²) < 4.78 is 0. The van der Waals surface area contributed by atoms with Gasteiger partial charge in [-0.25, -0.2) is 9.97 Å². The maximum atomic E-state index is 4.78. The van der Waals surface area contributed by atoms with Crippen molar-refractivity contribution in [3.63, 3.8) is 0 Å². The minimum Gasteiger partial charge on any atom is -0.370 e. The summed E-state index contributed by atoms with van der Waals surface area (Å²) in [5.41, 5.74) is 1.18. The summed E-state index contributed by atoms with van der Waals surface area (Å²) in [6.07, 6.45) is 6.57. The van der Waals surface area contributed by atoms with Crippen molar-refractivity contribution in [2.45, 2.75) is 51.9 Å². The number of nitrogens with zero attached hydrogens (tertiary/aromatic N) is 2. The normalized spacial score (nSPS) is 29.8. The van der Waals surface area contributed by atoms with Crippen LogP contribution < -0.4 is 5.32 Å². The van der Waals surface area contributed by atoms with Gasteiger partial charge in [-0.3, -0.25) is 0 Å². The molecule has 3 unspecified atom stereocenters. The average molecular weight is 245 g/mol. The van der Waals surface area contributed by atoms with Gasteiger partial charge in [-0.2, -0.15) is 0 Å². The van der Waals surface area contributed by atoms with Crippen LogP contribution in [0.2, 0.25) is 0 Å². The van der Waals surface area contributed by atoms with Gasteiger partial charge in [0.2, 0.25) is 0 Å². The highest BCUT2D eigenvalue weighted by Crippen LogP contribution is 2.52. The molecule has 2 fully saturated rings. The van der Waals surface area contributed by atoms with Gasteiger partial charge >= 0.3 is 0 Å². The van der Waals surface area contributed by atoms with Crippen molar-refractivity contribution in [3.8, 4) is 0 Å². The van der Waals surface area contributed by atoms with Crippen molar-refractivity contribution in [1.82, 2.24) is 9.97 Å². The lowest BCUT2D eigenvalue weighted by Gasteiger charge is -2.21. The fourth-order valence-electron chi connectivity index (χ4n) is 3.70. The first kappa shape index (κ1) is 11.9. The molecule has 2 aliphatic carbocycles. The first-order valence-corrected chi connectivity index (χ1v) is 7.41. The van der Waals surface area contributed by atoms with Crippen LogP contribution in [-0.2, 0) is 6.42 Å². The maximum absolute atomic E-state index is 4.78. The van der Waals surface area contributed by atoms with Crippen LogP contribution in [0.15, 0.2) is 6.07 Å². The molecule has 98 valence electrons. The van der Waals surface area contributed by atoms with Gasteiger partial charge in [0, 0.05) is 24.2 Å². The summed E-state index contributed by atoms with van der Waals surface area (Å²) in [6.45, 7) is 5.21. The Bertz CT molecular complexity index is 430. The van der Waals surface area contributed by atoms with Crippen molar-refractivity contribution in [2.24, 2.45) is 11.8 Å². The lowest BCUT2D eigenvalue weighted by atomic mass is 9.88. The standard InChI is InChI=1S/C15H23N3/c1-3-12-9-14(16-4-2)18-15(17-12)13-8-10-5-6-11(13)7-10/h9-11,13H,3-8H2,1-2H3,(H,16,17,18). The Hall–Kier alpha value is -1.12. The molecule has 2 aliphatic rings. The fourth-order valence-corrected chi connectivity index (χ4v) is 3.70. The highest BCUT2D eigenvalue weighted by molar-refractivity contribution is 5.36. The Morgan fingerprint density at radius 3 is 2.72 bits per heavy atom. The molecular formula is C15H23N3. The Morgan fingerprint density at radius 2 is 2.11 bits per heavy atom. The molecule has 1 aromatic rings. The van der Waals surface area contributed by atoms with Gasteiger partial charge in [-0.15, -0.1) is 0 Å². The Labute approximate surface area is 109 Å². The quantitative estimate of drug-likeness (QED) is 0.883. The first-order valence-electron chi connectivity index (χ1n) is 7.41. The highest BCUT2D eigenvalue weighted by Gasteiger charge is 2.41. The van der Waals surface area contributed by atoms with E-state index in [0.29, 0.717) is 5.92 Å². The summed E-state index contributed by atoms with van der Waals surface area (Å²) >= 11 is 0. The van der Waals surface area contributed by atoms with Crippen LogP contribution in [-0.4, -0.2) is 16.5 Å². The minimum atomic E-state index is 0.632. The molecule has 0 aliphatic heterocycles. The van der Waals surface area contributed by atoms with Gasteiger partial charge in [-0.05, 0) is 44.4 Å². The van der Waals surface area contributed by atoms with E-state index in [9.17, 15) is 0 Å². The third-order valence-electron chi connectivity index (χ3n) is 4.59. The Balaban J connectivity index is 1.88. The number of hydrogen-bond acceptors (Lipinski definition) is 3. The number of aryl methyl sites for hydroxylation is 1. The van der Waals surface area contributed by atoms with Gasteiger partial charge in [0.25, 0.3) is 0 Å². The lowest BCUT2D eigenvalue weighted by Crippen LogP contribution is -2.14. The van der Waals surface area contributed by atoms with E-state index in [0.717, 1.165) is 36.4 Å². The SMILES string of the molecule is CCNc1cc(CC)nc(C2CC3CCC2C3)n1. The zero-order valence-electron chi connectivity index (χ0n) is 11.4. The van der Waals surface area contributed by atoms with Crippen molar-refractivity contribution in [2.75, 3.05) is 11.9 Å². The first-order chi connectivity index (χ1) is 8.80. The molecule has 0 radical (unpaired) electrons. The van der Waals surface area contributed by atoms with Crippen LogP contribution >= 0.6 is 0 Å². The predicted octanol–water partition coefficient (Wildman–Crippen LogP) is 3.37. The number of rotatable bonds is 4. The van der Waals surface area contributed by atoms with E-state index in [-0.39, 0.29) is 0 Å². The summed E-state index contributed by atoms with van der Waals surface area (Å²) in [5.74, 6) is 4.57. The van der Waals surface area contributed by atoms with Crippen molar-refractivity contribution < 1.29 is 0 Å². The Morgan fingerprint density at radius 1 is 1.22 bits per heavy atom. The highest BCUT2D eigenvalue weighted by atomic mass is 15.0. The molecule has 0 aromatic carbocycles. The Kier molecular flexibility index (Phi) is 3.23. The van der Waals surface area contributed by atoms with Crippen LogP contribution in [0, 0.1) is 11.8 Å². The van der Waals surface area contributed by atoms with Gasteiger partial charge in [0.05, 0.1) is 0 Å². The zero-order valence-corrected chi connectivity index (χ0v) is 11.4. The molecule has 3 heteroatoms. The van der Waals surface area contributed by atoms with Crippen molar-refractivity contribution in [1.29, 1.82) is 0 Å². The van der Waals surface area contributed by atoms with E-state index < -0.39 is 0 Å². The van der Waals surface area contributed by atoms with E-state index in [1.807, 2.05) is 0 Å². The molecule has 1 heterocycles. The average Bonchev–Trinajstić information content (AvgIpc) is 3.01. The lowest BCUT2D eigenvalue weighted by molar-refractivity contribution is 0.405. The van der Waals surface area contributed by atoms with Crippen molar-refractivity contribution in [3.05, 3.63) is 17.6 Å². The number of aromatic nitrogens is 2. The van der Waals surface area contributed by atoms with Gasteiger partial charge in [0.1, 0.15) is 11.6 Å². The second-order valence-corrected chi connectivity index (χ2v) is 5.77. The molecule has 18 heavy (non-hydrogen) atoms. The zero-order chi connectivity index (χ0) is 12.5. The largest absolute Gasteiger partial charge is 0.370 e. The van der Waals surface area contributed by atoms with E-state index in [2.05, 4.69) is 25.2 Å². The molecule has 3 rings (SSSR count). The van der Waals surface area contributed by atoms with Gasteiger partial charge < -0.3 is 5.32 Å². The second kappa shape index (κ2) is 4.87. The molecule has 3 nitrogen and oxygen atoms in total. The predicted molar refractivity (Wildman–Crippen MR) is 73.8 cm³/mol. The van der Waals surface area contributed by atoms with Gasteiger partial charge in [-0.1, -0.05) is 13.3 Å². The number of anilines is 1.